The van der Waals surface area contributed by atoms with Gasteiger partial charge in [0.15, 0.2) is 0 Å². The van der Waals surface area contributed by atoms with Crippen LogP contribution < -0.4 is 5.32 Å². The number of aryl methyl sites for hydroxylation is 1. The van der Waals surface area contributed by atoms with Crippen molar-refractivity contribution in [2.24, 2.45) is 0 Å². The van der Waals surface area contributed by atoms with E-state index in [-0.39, 0.29) is 16.8 Å². The average molecular weight is 490 g/mol. The van der Waals surface area contributed by atoms with Crippen LogP contribution in [0.4, 0.5) is 0 Å². The minimum Gasteiger partial charge on any atom is -0.348 e. The van der Waals surface area contributed by atoms with Crippen LogP contribution in [-0.4, -0.2) is 43.3 Å². The van der Waals surface area contributed by atoms with Crippen LogP contribution in [0.2, 0.25) is 0 Å². The molecule has 3 aromatic carbocycles. The number of hydrogen-bond donors (Lipinski definition) is 1. The Hall–Kier alpha value is -3.42. The summed E-state index contributed by atoms with van der Waals surface area (Å²) in [6.45, 7) is 2.51. The van der Waals surface area contributed by atoms with Gasteiger partial charge in [-0.1, -0.05) is 60.7 Å². The third-order valence-electron chi connectivity index (χ3n) is 6.15. The van der Waals surface area contributed by atoms with Crippen LogP contribution in [0.25, 0.3) is 10.9 Å². The van der Waals surface area contributed by atoms with Gasteiger partial charge in [0.2, 0.25) is 10.0 Å². The van der Waals surface area contributed by atoms with Gasteiger partial charge in [0.1, 0.15) is 5.69 Å². The van der Waals surface area contributed by atoms with Crippen molar-refractivity contribution in [1.29, 1.82) is 0 Å². The lowest BCUT2D eigenvalue weighted by Gasteiger charge is -2.16. The molecule has 0 bridgehead atoms. The van der Waals surface area contributed by atoms with Gasteiger partial charge in [0.25, 0.3) is 5.91 Å². The highest BCUT2D eigenvalue weighted by Gasteiger charge is 2.21. The summed E-state index contributed by atoms with van der Waals surface area (Å²) >= 11 is 0. The number of hydrogen-bond acceptors (Lipinski definition) is 3. The summed E-state index contributed by atoms with van der Waals surface area (Å²) in [4.78, 5) is 13.6. The van der Waals surface area contributed by atoms with Crippen molar-refractivity contribution in [2.75, 3.05) is 14.1 Å². The van der Waals surface area contributed by atoms with Crippen molar-refractivity contribution in [1.82, 2.24) is 14.2 Å². The molecule has 0 radical (unpaired) electrons. The lowest BCUT2D eigenvalue weighted by atomic mass is 10.1. The van der Waals surface area contributed by atoms with E-state index in [1.165, 1.54) is 24.0 Å². The zero-order valence-electron chi connectivity index (χ0n) is 20.3. The Balaban J connectivity index is 1.64. The second-order valence-electron chi connectivity index (χ2n) is 9.01. The molecule has 0 spiro atoms. The zero-order chi connectivity index (χ0) is 25.0. The molecular formula is C28H31N3O3S. The highest BCUT2D eigenvalue weighted by Crippen LogP contribution is 2.26. The molecular weight excluding hydrogens is 458 g/mol. The number of fused-ring (bicyclic) bond motifs is 1. The van der Waals surface area contributed by atoms with Crippen molar-refractivity contribution < 1.29 is 13.2 Å². The van der Waals surface area contributed by atoms with E-state index in [1.807, 2.05) is 60.0 Å². The Bertz CT molecular complexity index is 1410. The van der Waals surface area contributed by atoms with Crippen molar-refractivity contribution in [2.45, 2.75) is 37.2 Å². The molecule has 0 fully saturated rings. The Kier molecular flexibility index (Phi) is 7.38. The van der Waals surface area contributed by atoms with Gasteiger partial charge in [0, 0.05) is 37.6 Å². The summed E-state index contributed by atoms with van der Waals surface area (Å²) in [5, 5.41) is 3.84. The largest absolute Gasteiger partial charge is 0.348 e. The second kappa shape index (κ2) is 10.5. The van der Waals surface area contributed by atoms with Gasteiger partial charge in [-0.3, -0.25) is 4.79 Å². The Morgan fingerprint density at radius 2 is 1.54 bits per heavy atom. The molecule has 35 heavy (non-hydrogen) atoms. The smallest absolute Gasteiger partial charge is 0.268 e. The van der Waals surface area contributed by atoms with E-state index in [9.17, 15) is 13.2 Å². The summed E-state index contributed by atoms with van der Waals surface area (Å²) in [6, 6.07) is 26.9. The number of benzene rings is 3. The molecule has 7 heteroatoms. The van der Waals surface area contributed by atoms with Crippen LogP contribution in [0.3, 0.4) is 0 Å². The first-order valence-corrected chi connectivity index (χ1v) is 13.1. The van der Waals surface area contributed by atoms with Gasteiger partial charge in [-0.15, -0.1) is 0 Å². The van der Waals surface area contributed by atoms with Crippen molar-refractivity contribution >= 4 is 26.8 Å². The van der Waals surface area contributed by atoms with Crippen LogP contribution >= 0.6 is 0 Å². The number of aromatic nitrogens is 1. The molecule has 1 N–H and O–H groups in total. The van der Waals surface area contributed by atoms with E-state index in [2.05, 4.69) is 17.4 Å². The number of carbonyl (C=O) groups is 1. The predicted molar refractivity (Wildman–Crippen MR) is 140 cm³/mol. The number of amides is 1. The molecule has 0 aliphatic carbocycles. The normalized spacial score (nSPS) is 12.7. The van der Waals surface area contributed by atoms with E-state index in [0.29, 0.717) is 17.6 Å². The maximum atomic E-state index is 13.4. The van der Waals surface area contributed by atoms with E-state index >= 15 is 0 Å². The first-order chi connectivity index (χ1) is 16.8. The molecule has 0 aliphatic rings. The Labute approximate surface area is 207 Å². The van der Waals surface area contributed by atoms with Crippen LogP contribution in [0, 0.1) is 0 Å². The fourth-order valence-corrected chi connectivity index (χ4v) is 5.08. The van der Waals surface area contributed by atoms with Crippen LogP contribution in [0.1, 0.15) is 35.0 Å². The van der Waals surface area contributed by atoms with Crippen LogP contribution in [0.5, 0.6) is 0 Å². The first-order valence-electron chi connectivity index (χ1n) is 11.7. The number of sulfonamides is 1. The highest BCUT2D eigenvalue weighted by molar-refractivity contribution is 7.89. The fraction of sp³-hybridized carbons (Fsp3) is 0.250. The van der Waals surface area contributed by atoms with E-state index in [1.54, 1.807) is 24.3 Å². The molecule has 1 atom stereocenters. The number of carbonyl (C=O) groups excluding carboxylic acids is 1. The van der Waals surface area contributed by atoms with Gasteiger partial charge in [-0.2, -0.15) is 0 Å². The Morgan fingerprint density at radius 1 is 0.914 bits per heavy atom. The Morgan fingerprint density at radius 3 is 2.17 bits per heavy atom. The minimum absolute atomic E-state index is 0.0180. The molecule has 1 unspecified atom stereocenters. The predicted octanol–water partition coefficient (Wildman–Crippen LogP) is 4.69. The minimum atomic E-state index is -3.58. The summed E-state index contributed by atoms with van der Waals surface area (Å²) < 4.78 is 28.5. The molecule has 1 heterocycles. The molecule has 0 saturated heterocycles. The highest BCUT2D eigenvalue weighted by atomic mass is 32.2. The fourth-order valence-electron chi connectivity index (χ4n) is 4.14. The molecule has 4 aromatic rings. The molecule has 182 valence electrons. The van der Waals surface area contributed by atoms with Gasteiger partial charge >= 0.3 is 0 Å². The molecule has 1 amide bonds. The maximum absolute atomic E-state index is 13.4. The summed E-state index contributed by atoms with van der Waals surface area (Å²) in [7, 11) is -0.561. The maximum Gasteiger partial charge on any atom is 0.268 e. The molecule has 0 aliphatic heterocycles. The average Bonchev–Trinajstić information content (AvgIpc) is 3.21. The SMILES string of the molecule is CC(CCc1ccccc1)NC(=O)c1cc2cc(S(=O)(=O)N(C)C)ccc2n1Cc1ccccc1. The first kappa shape index (κ1) is 24.7. The second-order valence-corrected chi connectivity index (χ2v) is 11.2. The quantitative estimate of drug-likeness (QED) is 0.371. The molecule has 0 saturated carbocycles. The van der Waals surface area contributed by atoms with Gasteiger partial charge in [-0.05, 0) is 55.2 Å². The summed E-state index contributed by atoms with van der Waals surface area (Å²) in [5.74, 6) is -0.172. The number of nitrogens with one attached hydrogen (secondary N) is 1. The van der Waals surface area contributed by atoms with Crippen molar-refractivity contribution in [3.63, 3.8) is 0 Å². The lowest BCUT2D eigenvalue weighted by molar-refractivity contribution is 0.0930. The van der Waals surface area contributed by atoms with E-state index in [4.69, 9.17) is 0 Å². The van der Waals surface area contributed by atoms with Gasteiger partial charge in [-0.25, -0.2) is 12.7 Å². The lowest BCUT2D eigenvalue weighted by Crippen LogP contribution is -2.34. The molecule has 6 nitrogen and oxygen atoms in total. The van der Waals surface area contributed by atoms with Crippen molar-refractivity contribution in [3.8, 4) is 0 Å². The van der Waals surface area contributed by atoms with Gasteiger partial charge < -0.3 is 9.88 Å². The molecule has 4 rings (SSSR count). The monoisotopic (exact) mass is 489 g/mol. The third kappa shape index (κ3) is 5.63. The van der Waals surface area contributed by atoms with Gasteiger partial charge in [0.05, 0.1) is 4.90 Å². The standard InChI is InChI=1S/C28H31N3O3S/c1-21(14-15-22-10-6-4-7-11-22)29-28(32)27-19-24-18-25(35(33,34)30(2)3)16-17-26(24)31(27)20-23-12-8-5-9-13-23/h4-13,16-19,21H,14-15,20H2,1-3H3,(H,29,32). The van der Waals surface area contributed by atoms with E-state index < -0.39 is 10.0 Å². The van der Waals surface area contributed by atoms with Crippen LogP contribution in [-0.2, 0) is 23.0 Å². The third-order valence-corrected chi connectivity index (χ3v) is 7.96. The summed E-state index contributed by atoms with van der Waals surface area (Å²) in [5.41, 5.74) is 3.62. The zero-order valence-corrected chi connectivity index (χ0v) is 21.1. The summed E-state index contributed by atoms with van der Waals surface area (Å²) in [6.07, 6.45) is 1.70. The molecule has 1 aromatic heterocycles. The van der Waals surface area contributed by atoms with Crippen LogP contribution in [0.15, 0.2) is 89.8 Å². The number of nitrogens with zero attached hydrogens (tertiary/aromatic N) is 2. The topological polar surface area (TPSA) is 71.4 Å². The van der Waals surface area contributed by atoms with E-state index in [0.717, 1.165) is 23.9 Å². The van der Waals surface area contributed by atoms with Crippen molar-refractivity contribution in [3.05, 3.63) is 102 Å². The number of rotatable bonds is 9.